The number of methoxy groups -OCH3 is 1. The molecule has 1 aromatic heterocycles. The Morgan fingerprint density at radius 1 is 1.44 bits per heavy atom. The molecule has 0 saturated carbocycles. The highest BCUT2D eigenvalue weighted by molar-refractivity contribution is 9.10. The van der Waals surface area contributed by atoms with Gasteiger partial charge < -0.3 is 9.30 Å². The zero-order chi connectivity index (χ0) is 13.7. The van der Waals surface area contributed by atoms with Gasteiger partial charge in [-0.3, -0.25) is 9.59 Å². The van der Waals surface area contributed by atoms with Gasteiger partial charge in [-0.2, -0.15) is 0 Å². The molecule has 1 atom stereocenters. The molecule has 0 spiro atoms. The van der Waals surface area contributed by atoms with E-state index >= 15 is 0 Å². The molecular formula is C13H16BrNO3. The van der Waals surface area contributed by atoms with Crippen molar-refractivity contribution in [3.05, 3.63) is 26.6 Å². The van der Waals surface area contributed by atoms with Crippen molar-refractivity contribution in [3.8, 4) is 5.75 Å². The van der Waals surface area contributed by atoms with Gasteiger partial charge in [-0.1, -0.05) is 20.8 Å². The van der Waals surface area contributed by atoms with Crippen LogP contribution in [0.15, 0.2) is 15.5 Å². The number of aromatic nitrogens is 1. The van der Waals surface area contributed by atoms with E-state index in [1.54, 1.807) is 6.20 Å². The summed E-state index contributed by atoms with van der Waals surface area (Å²) < 4.78 is 7.37. The summed E-state index contributed by atoms with van der Waals surface area (Å²) >= 11 is 3.21. The number of hydrogen-bond acceptors (Lipinski definition) is 3. The van der Waals surface area contributed by atoms with Gasteiger partial charge >= 0.3 is 0 Å². The third kappa shape index (κ3) is 1.72. The summed E-state index contributed by atoms with van der Waals surface area (Å²) in [5.41, 5.74) is -0.371. The molecule has 0 radical (unpaired) electrons. The Hall–Kier alpha value is -1.10. The first kappa shape index (κ1) is 13.3. The molecule has 0 aliphatic carbocycles. The van der Waals surface area contributed by atoms with Crippen molar-refractivity contribution in [1.29, 1.82) is 0 Å². The van der Waals surface area contributed by atoms with E-state index in [-0.39, 0.29) is 22.9 Å². The van der Waals surface area contributed by atoms with Gasteiger partial charge in [0.25, 0.3) is 0 Å². The molecule has 5 heteroatoms. The second-order valence-electron chi connectivity index (χ2n) is 5.29. The minimum atomic E-state index is -0.479. The Morgan fingerprint density at radius 3 is 2.61 bits per heavy atom. The van der Waals surface area contributed by atoms with E-state index in [1.165, 1.54) is 7.11 Å². The molecule has 2 heterocycles. The van der Waals surface area contributed by atoms with Crippen molar-refractivity contribution >= 4 is 21.7 Å². The number of rotatable bonds is 1. The van der Waals surface area contributed by atoms with Crippen molar-refractivity contribution in [2.24, 2.45) is 11.3 Å². The Balaban J connectivity index is 2.77. The van der Waals surface area contributed by atoms with Gasteiger partial charge in [-0.25, -0.2) is 0 Å². The zero-order valence-electron chi connectivity index (χ0n) is 10.9. The Bertz CT molecular complexity index is 574. The van der Waals surface area contributed by atoms with E-state index in [4.69, 9.17) is 4.74 Å². The molecule has 1 aliphatic rings. The lowest BCUT2D eigenvalue weighted by Gasteiger charge is -2.37. The molecule has 1 aromatic rings. The predicted octanol–water partition coefficient (Wildman–Crippen LogP) is 2.48. The standard InChI is InChI=1S/C13H16BrNO3/c1-7-5-15-6-8(14)10(16)11(18-4)9(15)12(17)13(7,2)3/h6-7H,5H2,1-4H3. The Labute approximate surface area is 114 Å². The van der Waals surface area contributed by atoms with E-state index in [0.717, 1.165) is 0 Å². The fraction of sp³-hybridized carbons (Fsp3) is 0.538. The average molecular weight is 314 g/mol. The number of ether oxygens (including phenoxy) is 1. The van der Waals surface area contributed by atoms with Gasteiger partial charge in [-0.15, -0.1) is 0 Å². The normalized spacial score (nSPS) is 21.6. The van der Waals surface area contributed by atoms with Gasteiger partial charge in [0.2, 0.25) is 5.43 Å². The topological polar surface area (TPSA) is 48.3 Å². The van der Waals surface area contributed by atoms with Crippen LogP contribution in [0, 0.1) is 11.3 Å². The first-order valence-electron chi connectivity index (χ1n) is 5.82. The maximum atomic E-state index is 12.5. The number of nitrogens with zero attached hydrogens (tertiary/aromatic N) is 1. The summed E-state index contributed by atoms with van der Waals surface area (Å²) in [4.78, 5) is 24.5. The van der Waals surface area contributed by atoms with E-state index in [9.17, 15) is 9.59 Å². The molecule has 0 amide bonds. The number of carbonyl (C=O) groups excluding carboxylic acids is 1. The van der Waals surface area contributed by atoms with Crippen molar-refractivity contribution in [2.45, 2.75) is 27.3 Å². The summed E-state index contributed by atoms with van der Waals surface area (Å²) in [7, 11) is 1.42. The maximum absolute atomic E-state index is 12.5. The number of pyridine rings is 1. The number of hydrogen-bond donors (Lipinski definition) is 0. The highest BCUT2D eigenvalue weighted by Crippen LogP contribution is 2.38. The molecule has 0 N–H and O–H groups in total. The second kappa shape index (κ2) is 4.23. The van der Waals surface area contributed by atoms with Crippen molar-refractivity contribution in [2.75, 3.05) is 7.11 Å². The third-order valence-corrected chi connectivity index (χ3v) is 4.47. The quantitative estimate of drug-likeness (QED) is 0.800. The maximum Gasteiger partial charge on any atom is 0.238 e. The van der Waals surface area contributed by atoms with Gasteiger partial charge in [0.1, 0.15) is 5.69 Å². The SMILES string of the molecule is COc1c2n(cc(Br)c1=O)CC(C)C(C)(C)C2=O. The smallest absolute Gasteiger partial charge is 0.238 e. The van der Waals surface area contributed by atoms with E-state index in [1.807, 2.05) is 25.3 Å². The number of carbonyl (C=O) groups is 1. The van der Waals surface area contributed by atoms with Crippen LogP contribution in [-0.4, -0.2) is 17.5 Å². The summed E-state index contributed by atoms with van der Waals surface area (Å²) in [5, 5.41) is 0. The van der Waals surface area contributed by atoms with Crippen LogP contribution in [0.3, 0.4) is 0 Å². The van der Waals surface area contributed by atoms with Crippen molar-refractivity contribution in [1.82, 2.24) is 4.57 Å². The largest absolute Gasteiger partial charge is 0.491 e. The monoisotopic (exact) mass is 313 g/mol. The molecule has 0 bridgehead atoms. The average Bonchev–Trinajstić information content (AvgIpc) is 2.30. The summed E-state index contributed by atoms with van der Waals surface area (Å²) in [6.45, 7) is 6.56. The molecule has 4 nitrogen and oxygen atoms in total. The predicted molar refractivity (Wildman–Crippen MR) is 72.2 cm³/mol. The van der Waals surface area contributed by atoms with Crippen LogP contribution >= 0.6 is 15.9 Å². The lowest BCUT2D eigenvalue weighted by atomic mass is 9.72. The minimum absolute atomic E-state index is 0.0392. The molecule has 18 heavy (non-hydrogen) atoms. The highest BCUT2D eigenvalue weighted by atomic mass is 79.9. The summed E-state index contributed by atoms with van der Waals surface area (Å²) in [6, 6.07) is 0. The first-order valence-corrected chi connectivity index (χ1v) is 6.61. The summed E-state index contributed by atoms with van der Waals surface area (Å²) in [6.07, 6.45) is 1.67. The van der Waals surface area contributed by atoms with Crippen LogP contribution in [-0.2, 0) is 6.54 Å². The molecule has 98 valence electrons. The van der Waals surface area contributed by atoms with Crippen LogP contribution in [0.25, 0.3) is 0 Å². The lowest BCUT2D eigenvalue weighted by Crippen LogP contribution is -2.42. The van der Waals surface area contributed by atoms with Crippen molar-refractivity contribution < 1.29 is 9.53 Å². The van der Waals surface area contributed by atoms with Gasteiger partial charge in [0.15, 0.2) is 11.5 Å². The lowest BCUT2D eigenvalue weighted by molar-refractivity contribution is 0.0667. The minimum Gasteiger partial charge on any atom is -0.491 e. The van der Waals surface area contributed by atoms with Crippen molar-refractivity contribution in [3.63, 3.8) is 0 Å². The zero-order valence-corrected chi connectivity index (χ0v) is 12.5. The first-order chi connectivity index (χ1) is 8.30. The van der Waals surface area contributed by atoms with E-state index in [2.05, 4.69) is 15.9 Å². The number of fused-ring (bicyclic) bond motifs is 1. The molecule has 0 aromatic carbocycles. The molecule has 1 unspecified atom stereocenters. The molecular weight excluding hydrogens is 298 g/mol. The second-order valence-corrected chi connectivity index (χ2v) is 6.15. The van der Waals surface area contributed by atoms with Gasteiger partial charge in [0.05, 0.1) is 11.6 Å². The number of Topliss-reactive ketones (excluding diaryl/α,β-unsaturated/α-hetero) is 1. The third-order valence-electron chi connectivity index (χ3n) is 3.90. The molecule has 0 fully saturated rings. The Kier molecular flexibility index (Phi) is 3.13. The van der Waals surface area contributed by atoms with Crippen LogP contribution in [0.4, 0.5) is 0 Å². The molecule has 0 saturated heterocycles. The van der Waals surface area contributed by atoms with Crippen LogP contribution in [0.5, 0.6) is 5.75 Å². The number of halogens is 1. The fourth-order valence-electron chi connectivity index (χ4n) is 2.23. The summed E-state index contributed by atoms with van der Waals surface area (Å²) in [5.74, 6) is 0.300. The van der Waals surface area contributed by atoms with E-state index < -0.39 is 5.41 Å². The highest BCUT2D eigenvalue weighted by Gasteiger charge is 2.42. The number of ketones is 1. The van der Waals surface area contributed by atoms with Crippen LogP contribution in [0.1, 0.15) is 31.3 Å². The fourth-order valence-corrected chi connectivity index (χ4v) is 2.65. The van der Waals surface area contributed by atoms with E-state index in [0.29, 0.717) is 16.7 Å². The molecule has 1 aliphatic heterocycles. The van der Waals surface area contributed by atoms with Crippen LogP contribution in [0.2, 0.25) is 0 Å². The van der Waals surface area contributed by atoms with Gasteiger partial charge in [0, 0.05) is 18.2 Å². The molecule has 2 rings (SSSR count). The van der Waals surface area contributed by atoms with Gasteiger partial charge in [-0.05, 0) is 21.8 Å². The van der Waals surface area contributed by atoms with Crippen LogP contribution < -0.4 is 10.2 Å². The Morgan fingerprint density at radius 2 is 2.06 bits per heavy atom.